The van der Waals surface area contributed by atoms with Gasteiger partial charge in [0.25, 0.3) is 11.1 Å². The summed E-state index contributed by atoms with van der Waals surface area (Å²) in [7, 11) is 0. The van der Waals surface area contributed by atoms with E-state index in [4.69, 9.17) is 9.40 Å². The normalized spacial score (nSPS) is 11.4. The van der Waals surface area contributed by atoms with E-state index in [-0.39, 0.29) is 5.82 Å². The average Bonchev–Trinajstić information content (AvgIpc) is 3.48. The van der Waals surface area contributed by atoms with Crippen LogP contribution in [0.5, 0.6) is 0 Å². The summed E-state index contributed by atoms with van der Waals surface area (Å²) in [5, 5.41) is 11.0. The lowest BCUT2D eigenvalue weighted by atomic mass is 10.1. The van der Waals surface area contributed by atoms with Crippen LogP contribution in [0, 0.1) is 5.82 Å². The molecule has 0 amide bonds. The number of nitrogens with zero attached hydrogens (tertiary/aromatic N) is 3. The standard InChI is InChI=1S/C26H17FN4OS/c27-18-10-6-7-16(13-18)15-33-26-31-30-25(32-26)22-14-20-19-11-4-5-12-21(19)28-24(20)23(29-22)17-8-2-1-3-9-17/h1-14,28H,15H2. The molecule has 0 saturated heterocycles. The maximum Gasteiger partial charge on any atom is 0.277 e. The van der Waals surface area contributed by atoms with Crippen LogP contribution >= 0.6 is 11.8 Å². The highest BCUT2D eigenvalue weighted by Crippen LogP contribution is 2.35. The Labute approximate surface area is 192 Å². The molecule has 160 valence electrons. The van der Waals surface area contributed by atoms with Crippen molar-refractivity contribution in [1.82, 2.24) is 20.2 Å². The van der Waals surface area contributed by atoms with Gasteiger partial charge in [-0.15, -0.1) is 10.2 Å². The molecule has 5 nitrogen and oxygen atoms in total. The SMILES string of the molecule is Fc1cccc(CSc2nnc(-c3cc4c([nH]c5ccccc54)c(-c4ccccc4)n3)o2)c1. The van der Waals surface area contributed by atoms with Gasteiger partial charge in [0, 0.05) is 27.6 Å². The minimum Gasteiger partial charge on any atom is -0.410 e. The molecule has 0 unspecified atom stereocenters. The Balaban J connectivity index is 1.42. The van der Waals surface area contributed by atoms with E-state index in [9.17, 15) is 4.39 Å². The lowest BCUT2D eigenvalue weighted by Crippen LogP contribution is -1.90. The van der Waals surface area contributed by atoms with Gasteiger partial charge in [-0.2, -0.15) is 0 Å². The number of rotatable bonds is 5. The van der Waals surface area contributed by atoms with Crippen molar-refractivity contribution in [1.29, 1.82) is 0 Å². The van der Waals surface area contributed by atoms with Crippen LogP contribution < -0.4 is 0 Å². The first-order valence-corrected chi connectivity index (χ1v) is 11.4. The Morgan fingerprint density at radius 1 is 0.848 bits per heavy atom. The minimum atomic E-state index is -0.260. The van der Waals surface area contributed by atoms with E-state index < -0.39 is 0 Å². The van der Waals surface area contributed by atoms with Crippen molar-refractivity contribution in [3.8, 4) is 22.8 Å². The quantitative estimate of drug-likeness (QED) is 0.289. The minimum absolute atomic E-state index is 0.260. The average molecular weight is 453 g/mol. The molecule has 3 heterocycles. The number of para-hydroxylation sites is 1. The van der Waals surface area contributed by atoms with Gasteiger partial charge >= 0.3 is 0 Å². The number of aromatic nitrogens is 4. The first-order chi connectivity index (χ1) is 16.2. The van der Waals surface area contributed by atoms with Crippen molar-refractivity contribution >= 4 is 33.6 Å². The van der Waals surface area contributed by atoms with E-state index in [2.05, 4.69) is 27.3 Å². The molecule has 0 radical (unpaired) electrons. The summed E-state index contributed by atoms with van der Waals surface area (Å²) < 4.78 is 19.4. The van der Waals surface area contributed by atoms with Crippen LogP contribution in [0.1, 0.15) is 5.56 Å². The predicted octanol–water partition coefficient (Wildman–Crippen LogP) is 6.86. The fourth-order valence-electron chi connectivity index (χ4n) is 3.90. The molecular formula is C26H17FN4OS. The lowest BCUT2D eigenvalue weighted by molar-refractivity contribution is 0.464. The number of aromatic amines is 1. The Hall–Kier alpha value is -3.97. The maximum atomic E-state index is 13.4. The zero-order valence-electron chi connectivity index (χ0n) is 17.3. The molecule has 0 fully saturated rings. The topological polar surface area (TPSA) is 67.6 Å². The molecule has 6 aromatic rings. The highest BCUT2D eigenvalue weighted by molar-refractivity contribution is 7.98. The molecule has 3 aromatic carbocycles. The molecule has 7 heteroatoms. The van der Waals surface area contributed by atoms with Crippen molar-refractivity contribution in [2.24, 2.45) is 0 Å². The fourth-order valence-corrected chi connectivity index (χ4v) is 4.61. The number of thioether (sulfide) groups is 1. The van der Waals surface area contributed by atoms with Crippen molar-refractivity contribution < 1.29 is 8.81 Å². The van der Waals surface area contributed by atoms with E-state index in [1.807, 2.05) is 54.6 Å². The van der Waals surface area contributed by atoms with Gasteiger partial charge in [0.1, 0.15) is 11.5 Å². The summed E-state index contributed by atoms with van der Waals surface area (Å²) >= 11 is 1.37. The van der Waals surface area contributed by atoms with Crippen LogP contribution in [0.15, 0.2) is 94.6 Å². The Kier molecular flexibility index (Phi) is 4.88. The van der Waals surface area contributed by atoms with E-state index in [1.165, 1.54) is 23.9 Å². The maximum absolute atomic E-state index is 13.4. The number of pyridine rings is 1. The number of nitrogens with one attached hydrogen (secondary N) is 1. The van der Waals surface area contributed by atoms with E-state index >= 15 is 0 Å². The monoisotopic (exact) mass is 452 g/mol. The molecule has 0 bridgehead atoms. The van der Waals surface area contributed by atoms with Crippen LogP contribution in [0.2, 0.25) is 0 Å². The van der Waals surface area contributed by atoms with Gasteiger partial charge < -0.3 is 9.40 Å². The molecule has 6 rings (SSSR count). The number of H-pyrrole nitrogens is 1. The molecule has 3 aromatic heterocycles. The number of benzene rings is 3. The number of hydrogen-bond acceptors (Lipinski definition) is 5. The van der Waals surface area contributed by atoms with Crippen LogP contribution in [0.4, 0.5) is 4.39 Å². The summed E-state index contributed by atoms with van der Waals surface area (Å²) in [5.74, 6) is 0.619. The zero-order chi connectivity index (χ0) is 22.2. The molecule has 0 spiro atoms. The van der Waals surface area contributed by atoms with E-state index in [0.717, 1.165) is 38.6 Å². The number of hydrogen-bond donors (Lipinski definition) is 1. The van der Waals surface area contributed by atoms with Gasteiger partial charge in [0.15, 0.2) is 0 Å². The molecule has 0 aliphatic carbocycles. The van der Waals surface area contributed by atoms with Crippen LogP contribution in [0.25, 0.3) is 44.6 Å². The molecule has 1 N–H and O–H groups in total. The molecule has 33 heavy (non-hydrogen) atoms. The fraction of sp³-hybridized carbons (Fsp3) is 0.0385. The van der Waals surface area contributed by atoms with Gasteiger partial charge in [-0.25, -0.2) is 9.37 Å². The smallest absolute Gasteiger partial charge is 0.277 e. The molecular weight excluding hydrogens is 435 g/mol. The molecule has 0 saturated carbocycles. The summed E-state index contributed by atoms with van der Waals surface area (Å²) in [4.78, 5) is 8.40. The van der Waals surface area contributed by atoms with E-state index in [1.54, 1.807) is 6.07 Å². The van der Waals surface area contributed by atoms with Gasteiger partial charge in [-0.05, 0) is 29.8 Å². The lowest BCUT2D eigenvalue weighted by Gasteiger charge is -2.05. The Bertz CT molecular complexity index is 1590. The van der Waals surface area contributed by atoms with Crippen LogP contribution in [-0.4, -0.2) is 20.2 Å². The van der Waals surface area contributed by atoms with Crippen molar-refractivity contribution in [3.05, 3.63) is 96.3 Å². The summed E-state index contributed by atoms with van der Waals surface area (Å²) in [6.07, 6.45) is 0. The van der Waals surface area contributed by atoms with Crippen LogP contribution in [0.3, 0.4) is 0 Å². The largest absolute Gasteiger partial charge is 0.410 e. The zero-order valence-corrected chi connectivity index (χ0v) is 18.1. The second-order valence-corrected chi connectivity index (χ2v) is 8.53. The highest BCUT2D eigenvalue weighted by Gasteiger charge is 2.17. The summed E-state index contributed by atoms with van der Waals surface area (Å²) in [6, 6.07) is 26.7. The summed E-state index contributed by atoms with van der Waals surface area (Å²) in [6.45, 7) is 0. The van der Waals surface area contributed by atoms with Gasteiger partial charge in [0.05, 0.1) is 11.2 Å². The molecule has 0 aliphatic rings. The highest BCUT2D eigenvalue weighted by atomic mass is 32.2. The van der Waals surface area contributed by atoms with Gasteiger partial charge in [-0.3, -0.25) is 0 Å². The first kappa shape index (κ1) is 19.7. The second kappa shape index (κ2) is 8.18. The van der Waals surface area contributed by atoms with Crippen molar-refractivity contribution in [2.45, 2.75) is 11.0 Å². The Morgan fingerprint density at radius 2 is 1.70 bits per heavy atom. The van der Waals surface area contributed by atoms with Crippen molar-refractivity contribution in [3.63, 3.8) is 0 Å². The third-order valence-electron chi connectivity index (χ3n) is 5.42. The number of halogens is 1. The first-order valence-electron chi connectivity index (χ1n) is 10.4. The van der Waals surface area contributed by atoms with E-state index in [0.29, 0.717) is 22.6 Å². The van der Waals surface area contributed by atoms with Gasteiger partial charge in [0.2, 0.25) is 0 Å². The number of fused-ring (bicyclic) bond motifs is 3. The van der Waals surface area contributed by atoms with Crippen molar-refractivity contribution in [2.75, 3.05) is 0 Å². The van der Waals surface area contributed by atoms with Gasteiger partial charge in [-0.1, -0.05) is 72.4 Å². The third kappa shape index (κ3) is 3.76. The Morgan fingerprint density at radius 3 is 2.58 bits per heavy atom. The second-order valence-electron chi connectivity index (χ2n) is 7.61. The molecule has 0 atom stereocenters. The molecule has 0 aliphatic heterocycles. The predicted molar refractivity (Wildman–Crippen MR) is 128 cm³/mol. The van der Waals surface area contributed by atoms with Crippen LogP contribution in [-0.2, 0) is 5.75 Å². The third-order valence-corrected chi connectivity index (χ3v) is 6.31. The summed E-state index contributed by atoms with van der Waals surface area (Å²) in [5.41, 5.74) is 5.29.